The van der Waals surface area contributed by atoms with Gasteiger partial charge in [-0.2, -0.15) is 4.98 Å². The lowest BCUT2D eigenvalue weighted by Gasteiger charge is -2.36. The lowest BCUT2D eigenvalue weighted by Crippen LogP contribution is -2.38. The third-order valence-corrected chi connectivity index (χ3v) is 5.76. The third-order valence-electron chi connectivity index (χ3n) is 5.51. The fraction of sp³-hybridized carbons (Fsp3) is 0.526. The molecule has 1 aromatic carbocycles. The topological polar surface area (TPSA) is 77.7 Å². The van der Waals surface area contributed by atoms with Gasteiger partial charge in [-0.15, -0.1) is 0 Å². The average molecular weight is 392 g/mol. The van der Waals surface area contributed by atoms with Crippen molar-refractivity contribution in [1.29, 1.82) is 0 Å². The third kappa shape index (κ3) is 3.80. The van der Waals surface area contributed by atoms with Gasteiger partial charge in [0.15, 0.2) is 12.4 Å². The maximum Gasteiger partial charge on any atom is 0.260 e. The van der Waals surface area contributed by atoms with Crippen LogP contribution in [0.25, 0.3) is 0 Å². The Labute approximate surface area is 162 Å². The number of amides is 1. The Morgan fingerprint density at radius 3 is 2.74 bits per heavy atom. The van der Waals surface area contributed by atoms with Crippen LogP contribution in [0.1, 0.15) is 30.5 Å². The van der Waals surface area contributed by atoms with Gasteiger partial charge in [0.05, 0.1) is 5.92 Å². The van der Waals surface area contributed by atoms with Gasteiger partial charge >= 0.3 is 0 Å². The van der Waals surface area contributed by atoms with E-state index >= 15 is 0 Å². The van der Waals surface area contributed by atoms with Crippen molar-refractivity contribution in [2.45, 2.75) is 25.7 Å². The van der Waals surface area contributed by atoms with Crippen LogP contribution in [0.2, 0.25) is 5.02 Å². The van der Waals surface area contributed by atoms with Crippen LogP contribution in [0.3, 0.4) is 0 Å². The van der Waals surface area contributed by atoms with Gasteiger partial charge in [-0.1, -0.05) is 16.8 Å². The number of nitrogens with zero attached hydrogens (tertiary/aromatic N) is 3. The Kier molecular flexibility index (Phi) is 5.06. The molecule has 1 aromatic heterocycles. The molecule has 1 unspecified atom stereocenters. The number of likely N-dealkylation sites (tertiary alicyclic amines) is 1. The zero-order valence-electron chi connectivity index (χ0n) is 15.2. The zero-order chi connectivity index (χ0) is 18.9. The second kappa shape index (κ2) is 7.48. The molecule has 3 heterocycles. The molecule has 2 aliphatic rings. The number of carbonyl (C=O) groups excluding carboxylic acids is 1. The Bertz CT molecular complexity index is 802. The molecule has 2 aromatic rings. The normalized spacial score (nSPS) is 21.6. The highest BCUT2D eigenvalue weighted by molar-refractivity contribution is 6.30. The molecule has 0 radical (unpaired) electrons. The summed E-state index contributed by atoms with van der Waals surface area (Å²) < 4.78 is 16.6. The van der Waals surface area contributed by atoms with Crippen LogP contribution >= 0.6 is 11.6 Å². The van der Waals surface area contributed by atoms with E-state index in [0.29, 0.717) is 48.8 Å². The van der Waals surface area contributed by atoms with Crippen LogP contribution in [0.15, 0.2) is 28.8 Å². The smallest absolute Gasteiger partial charge is 0.260 e. The Hall–Kier alpha value is -2.12. The SMILES string of the molecule is Cc1noc(C2CN(C(=O)COc3ccc(Cl)cc3)CC23CCOCC3)n1. The molecule has 144 valence electrons. The van der Waals surface area contributed by atoms with E-state index in [0.717, 1.165) is 12.8 Å². The van der Waals surface area contributed by atoms with Crippen LogP contribution in [0, 0.1) is 12.3 Å². The second-order valence-electron chi connectivity index (χ2n) is 7.22. The average Bonchev–Trinajstić information content (AvgIpc) is 3.25. The maximum atomic E-state index is 12.8. The van der Waals surface area contributed by atoms with E-state index in [9.17, 15) is 4.79 Å². The Morgan fingerprint density at radius 1 is 1.33 bits per heavy atom. The van der Waals surface area contributed by atoms with Gasteiger partial charge in [0.1, 0.15) is 5.75 Å². The van der Waals surface area contributed by atoms with Gasteiger partial charge in [0.25, 0.3) is 5.91 Å². The van der Waals surface area contributed by atoms with Gasteiger partial charge in [-0.25, -0.2) is 0 Å². The lowest BCUT2D eigenvalue weighted by molar-refractivity contribution is -0.133. The number of hydrogen-bond donors (Lipinski definition) is 0. The van der Waals surface area contributed by atoms with Crippen LogP contribution in [0.4, 0.5) is 0 Å². The van der Waals surface area contributed by atoms with Crippen LogP contribution in [0.5, 0.6) is 5.75 Å². The van der Waals surface area contributed by atoms with Gasteiger partial charge in [-0.3, -0.25) is 4.79 Å². The van der Waals surface area contributed by atoms with Crippen molar-refractivity contribution < 1.29 is 18.8 Å². The Morgan fingerprint density at radius 2 is 2.07 bits per heavy atom. The standard InChI is InChI=1S/C19H22ClN3O4/c1-13-21-18(27-22-13)16-10-23(12-19(16)6-8-25-9-7-19)17(24)11-26-15-4-2-14(20)3-5-15/h2-5,16H,6-12H2,1H3. The highest BCUT2D eigenvalue weighted by Gasteiger charge is 2.51. The summed E-state index contributed by atoms with van der Waals surface area (Å²) in [5.41, 5.74) is -0.0762. The molecule has 0 bridgehead atoms. The fourth-order valence-electron chi connectivity index (χ4n) is 4.01. The van der Waals surface area contributed by atoms with Gasteiger partial charge in [-0.05, 0) is 44.0 Å². The van der Waals surface area contributed by atoms with E-state index in [1.165, 1.54) is 0 Å². The molecule has 7 nitrogen and oxygen atoms in total. The molecular weight excluding hydrogens is 370 g/mol. The molecule has 2 fully saturated rings. The molecule has 8 heteroatoms. The van der Waals surface area contributed by atoms with Crippen molar-refractivity contribution in [3.05, 3.63) is 41.0 Å². The van der Waals surface area contributed by atoms with Crippen molar-refractivity contribution in [2.75, 3.05) is 32.9 Å². The highest BCUT2D eigenvalue weighted by atomic mass is 35.5. The first-order valence-corrected chi connectivity index (χ1v) is 9.48. The minimum absolute atomic E-state index is 0.0101. The predicted molar refractivity (Wildman–Crippen MR) is 97.8 cm³/mol. The number of halogens is 1. The van der Waals surface area contributed by atoms with Gasteiger partial charge in [0, 0.05) is 36.7 Å². The van der Waals surface area contributed by atoms with Gasteiger partial charge < -0.3 is 18.9 Å². The van der Waals surface area contributed by atoms with Crippen molar-refractivity contribution in [3.8, 4) is 5.75 Å². The summed E-state index contributed by atoms with van der Waals surface area (Å²) in [6.45, 7) is 4.39. The Balaban J connectivity index is 1.46. The van der Waals surface area contributed by atoms with Crippen molar-refractivity contribution in [1.82, 2.24) is 15.0 Å². The summed E-state index contributed by atoms with van der Waals surface area (Å²) in [6.07, 6.45) is 1.75. The molecule has 0 N–H and O–H groups in total. The number of aromatic nitrogens is 2. The van der Waals surface area contributed by atoms with Crippen molar-refractivity contribution in [2.24, 2.45) is 5.41 Å². The van der Waals surface area contributed by atoms with E-state index in [-0.39, 0.29) is 23.8 Å². The summed E-state index contributed by atoms with van der Waals surface area (Å²) in [6, 6.07) is 6.98. The van der Waals surface area contributed by atoms with E-state index in [1.54, 1.807) is 24.3 Å². The van der Waals surface area contributed by atoms with Crippen LogP contribution < -0.4 is 4.74 Å². The monoisotopic (exact) mass is 391 g/mol. The summed E-state index contributed by atoms with van der Waals surface area (Å²) in [4.78, 5) is 19.1. The number of carbonyl (C=O) groups is 1. The molecular formula is C19H22ClN3O4. The number of benzene rings is 1. The first kappa shape index (κ1) is 18.3. The first-order valence-electron chi connectivity index (χ1n) is 9.10. The maximum absolute atomic E-state index is 12.8. The molecule has 2 saturated heterocycles. The molecule has 0 saturated carbocycles. The molecule has 27 heavy (non-hydrogen) atoms. The quantitative estimate of drug-likeness (QED) is 0.797. The molecule has 0 aliphatic carbocycles. The zero-order valence-corrected chi connectivity index (χ0v) is 15.9. The molecule has 2 aliphatic heterocycles. The van der Waals surface area contributed by atoms with E-state index in [2.05, 4.69) is 10.1 Å². The molecule has 1 amide bonds. The van der Waals surface area contributed by atoms with Crippen LogP contribution in [-0.2, 0) is 9.53 Å². The highest BCUT2D eigenvalue weighted by Crippen LogP contribution is 2.49. The summed E-state index contributed by atoms with van der Waals surface area (Å²) >= 11 is 5.88. The van der Waals surface area contributed by atoms with Crippen molar-refractivity contribution in [3.63, 3.8) is 0 Å². The van der Waals surface area contributed by atoms with E-state index in [1.807, 2.05) is 11.8 Å². The largest absolute Gasteiger partial charge is 0.484 e. The molecule has 1 spiro atoms. The fourth-order valence-corrected chi connectivity index (χ4v) is 4.13. The minimum Gasteiger partial charge on any atom is -0.484 e. The first-order chi connectivity index (χ1) is 13.1. The lowest BCUT2D eigenvalue weighted by atomic mass is 9.72. The number of rotatable bonds is 4. The van der Waals surface area contributed by atoms with E-state index in [4.69, 9.17) is 25.6 Å². The minimum atomic E-state index is -0.0762. The number of aryl methyl sites for hydroxylation is 1. The number of hydrogen-bond acceptors (Lipinski definition) is 6. The summed E-state index contributed by atoms with van der Waals surface area (Å²) in [5.74, 6) is 1.83. The molecule has 4 rings (SSSR count). The second-order valence-corrected chi connectivity index (χ2v) is 7.66. The van der Waals surface area contributed by atoms with Crippen molar-refractivity contribution >= 4 is 17.5 Å². The summed E-state index contributed by atoms with van der Waals surface area (Å²) in [5, 5.41) is 4.57. The predicted octanol–water partition coefficient (Wildman–Crippen LogP) is 2.83. The van der Waals surface area contributed by atoms with E-state index < -0.39 is 0 Å². The summed E-state index contributed by atoms with van der Waals surface area (Å²) in [7, 11) is 0. The molecule has 1 atom stereocenters. The van der Waals surface area contributed by atoms with Gasteiger partial charge in [0.2, 0.25) is 5.89 Å². The van der Waals surface area contributed by atoms with Crippen LogP contribution in [-0.4, -0.2) is 53.9 Å². The number of ether oxygens (including phenoxy) is 2.